The van der Waals surface area contributed by atoms with Crippen LogP contribution in [0.2, 0.25) is 0 Å². The molecule has 0 saturated heterocycles. The smallest absolute Gasteiger partial charge is 0.265 e. The molecule has 0 unspecified atom stereocenters. The third kappa shape index (κ3) is 4.75. The number of thiophene rings is 1. The van der Waals surface area contributed by atoms with Crippen molar-refractivity contribution in [2.75, 3.05) is 12.4 Å². The number of rotatable bonds is 7. The maximum Gasteiger partial charge on any atom is 0.265 e. The second-order valence-electron chi connectivity index (χ2n) is 6.48. The van der Waals surface area contributed by atoms with Crippen molar-refractivity contribution in [1.82, 2.24) is 9.78 Å². The third-order valence-electron chi connectivity index (χ3n) is 4.02. The average Bonchev–Trinajstić information content (AvgIpc) is 3.24. The Bertz CT molecular complexity index is 923. The number of hydrogen-bond acceptors (Lipinski definition) is 5. The number of nitrogens with zero attached hydrogens (tertiary/aromatic N) is 2. The monoisotopic (exact) mass is 385 g/mol. The second-order valence-corrected chi connectivity index (χ2v) is 7.39. The van der Waals surface area contributed by atoms with E-state index in [0.29, 0.717) is 23.9 Å². The van der Waals surface area contributed by atoms with E-state index in [2.05, 4.69) is 29.5 Å². The topological polar surface area (TPSA) is 65.4 Å². The Morgan fingerprint density at radius 3 is 2.67 bits per heavy atom. The number of benzene rings is 1. The van der Waals surface area contributed by atoms with E-state index in [4.69, 9.17) is 9.47 Å². The Hall–Kier alpha value is -2.64. The van der Waals surface area contributed by atoms with E-state index >= 15 is 0 Å². The molecule has 3 rings (SSSR count). The number of amides is 1. The quantitative estimate of drug-likeness (QED) is 0.658. The Balaban J connectivity index is 1.61. The van der Waals surface area contributed by atoms with Crippen molar-refractivity contribution in [1.29, 1.82) is 0 Å². The Kier molecular flexibility index (Phi) is 5.93. The van der Waals surface area contributed by atoms with E-state index in [0.717, 1.165) is 22.4 Å². The summed E-state index contributed by atoms with van der Waals surface area (Å²) in [4.78, 5) is 13.0. The van der Waals surface area contributed by atoms with E-state index in [9.17, 15) is 4.79 Å². The fourth-order valence-corrected chi connectivity index (χ4v) is 3.74. The summed E-state index contributed by atoms with van der Waals surface area (Å²) in [7, 11) is 1.59. The van der Waals surface area contributed by atoms with Crippen LogP contribution in [0.25, 0.3) is 0 Å². The minimum Gasteiger partial charge on any atom is -0.488 e. The number of carbonyl (C=O) groups excluding carboxylic acids is 1. The summed E-state index contributed by atoms with van der Waals surface area (Å²) in [5.74, 6) is 0.745. The van der Waals surface area contributed by atoms with Crippen LogP contribution in [0.5, 0.6) is 5.75 Å². The van der Waals surface area contributed by atoms with Crippen molar-refractivity contribution in [2.24, 2.45) is 0 Å². The van der Waals surface area contributed by atoms with Gasteiger partial charge in [0.05, 0.1) is 23.0 Å². The average molecular weight is 385 g/mol. The van der Waals surface area contributed by atoms with E-state index in [1.54, 1.807) is 24.2 Å². The maximum atomic E-state index is 12.4. The largest absolute Gasteiger partial charge is 0.488 e. The van der Waals surface area contributed by atoms with Crippen LogP contribution in [0.4, 0.5) is 5.69 Å². The zero-order valence-corrected chi connectivity index (χ0v) is 16.7. The molecule has 0 atom stereocenters. The number of methoxy groups -OCH3 is 1. The normalized spacial score (nSPS) is 10.8. The molecule has 0 fully saturated rings. The molecule has 0 radical (unpaired) electrons. The van der Waals surface area contributed by atoms with Crippen molar-refractivity contribution in [3.8, 4) is 5.75 Å². The Labute approximate surface area is 162 Å². The molecule has 2 aromatic heterocycles. The van der Waals surface area contributed by atoms with Crippen molar-refractivity contribution in [3.05, 3.63) is 63.1 Å². The maximum absolute atomic E-state index is 12.4. The highest BCUT2D eigenvalue weighted by atomic mass is 32.1. The molecular formula is C20H23N3O3S. The molecule has 0 aliphatic carbocycles. The molecule has 6 nitrogen and oxygen atoms in total. The van der Waals surface area contributed by atoms with Gasteiger partial charge in [-0.1, -0.05) is 17.7 Å². The first-order valence-electron chi connectivity index (χ1n) is 8.57. The van der Waals surface area contributed by atoms with Gasteiger partial charge in [-0.05, 0) is 43.3 Å². The van der Waals surface area contributed by atoms with Crippen LogP contribution >= 0.6 is 11.3 Å². The molecule has 1 N–H and O–H groups in total. The summed E-state index contributed by atoms with van der Waals surface area (Å²) in [5.41, 5.74) is 5.07. The molecule has 0 spiro atoms. The van der Waals surface area contributed by atoms with Crippen LogP contribution in [-0.4, -0.2) is 22.8 Å². The minimum atomic E-state index is -0.161. The zero-order valence-electron chi connectivity index (χ0n) is 15.9. The Morgan fingerprint density at radius 2 is 1.96 bits per heavy atom. The third-order valence-corrected chi connectivity index (χ3v) is 5.00. The Morgan fingerprint density at radius 1 is 1.22 bits per heavy atom. The number of nitrogens with one attached hydrogen (secondary N) is 1. The van der Waals surface area contributed by atoms with Gasteiger partial charge in [0.25, 0.3) is 5.91 Å². The molecule has 0 aliphatic heterocycles. The van der Waals surface area contributed by atoms with Gasteiger partial charge >= 0.3 is 0 Å². The summed E-state index contributed by atoms with van der Waals surface area (Å²) in [6.07, 6.45) is 3.32. The summed E-state index contributed by atoms with van der Waals surface area (Å²) in [5, 5.41) is 8.89. The predicted octanol–water partition coefficient (Wildman–Crippen LogP) is 4.31. The van der Waals surface area contributed by atoms with Crippen molar-refractivity contribution >= 4 is 22.9 Å². The lowest BCUT2D eigenvalue weighted by Gasteiger charge is -2.12. The number of aromatic nitrogens is 2. The van der Waals surface area contributed by atoms with Gasteiger partial charge in [0.15, 0.2) is 0 Å². The zero-order chi connectivity index (χ0) is 19.4. The van der Waals surface area contributed by atoms with Crippen LogP contribution in [0.3, 0.4) is 0 Å². The van der Waals surface area contributed by atoms with Crippen LogP contribution in [0, 0.1) is 20.8 Å². The molecule has 142 valence electrons. The van der Waals surface area contributed by atoms with Gasteiger partial charge in [-0.25, -0.2) is 4.68 Å². The summed E-state index contributed by atoms with van der Waals surface area (Å²) < 4.78 is 12.6. The number of anilines is 1. The van der Waals surface area contributed by atoms with Crippen LogP contribution in [0.1, 0.15) is 31.9 Å². The molecule has 0 aliphatic rings. The van der Waals surface area contributed by atoms with Crippen molar-refractivity contribution in [3.63, 3.8) is 0 Å². The molecule has 27 heavy (non-hydrogen) atoms. The highest BCUT2D eigenvalue weighted by Crippen LogP contribution is 2.26. The van der Waals surface area contributed by atoms with E-state index in [1.165, 1.54) is 16.9 Å². The van der Waals surface area contributed by atoms with Crippen LogP contribution in [-0.2, 0) is 18.1 Å². The lowest BCUT2D eigenvalue weighted by Crippen LogP contribution is -2.09. The lowest BCUT2D eigenvalue weighted by atomic mass is 10.1. The molecule has 3 aromatic rings. The summed E-state index contributed by atoms with van der Waals surface area (Å²) in [6, 6.07) is 6.08. The molecule has 1 aromatic carbocycles. The molecular weight excluding hydrogens is 362 g/mol. The fourth-order valence-electron chi connectivity index (χ4n) is 2.94. The van der Waals surface area contributed by atoms with Gasteiger partial charge in [-0.3, -0.25) is 4.79 Å². The van der Waals surface area contributed by atoms with E-state index in [-0.39, 0.29) is 5.91 Å². The number of hydrogen-bond donors (Lipinski definition) is 1. The first kappa shape index (κ1) is 19.1. The first-order valence-corrected chi connectivity index (χ1v) is 9.45. The molecule has 1 amide bonds. The molecule has 2 heterocycles. The first-order chi connectivity index (χ1) is 13.0. The fraction of sp³-hybridized carbons (Fsp3) is 0.300. The van der Waals surface area contributed by atoms with Gasteiger partial charge < -0.3 is 14.8 Å². The van der Waals surface area contributed by atoms with E-state index in [1.807, 2.05) is 25.3 Å². The highest BCUT2D eigenvalue weighted by Gasteiger charge is 2.12. The van der Waals surface area contributed by atoms with Crippen molar-refractivity contribution in [2.45, 2.75) is 34.1 Å². The van der Waals surface area contributed by atoms with Gasteiger partial charge in [-0.15, -0.1) is 11.3 Å². The van der Waals surface area contributed by atoms with Crippen molar-refractivity contribution < 1.29 is 14.3 Å². The predicted molar refractivity (Wildman–Crippen MR) is 106 cm³/mol. The lowest BCUT2D eigenvalue weighted by molar-refractivity contribution is 0.103. The van der Waals surface area contributed by atoms with E-state index < -0.39 is 0 Å². The summed E-state index contributed by atoms with van der Waals surface area (Å²) >= 11 is 1.40. The molecule has 0 saturated carbocycles. The van der Waals surface area contributed by atoms with Gasteiger partial charge in [0.1, 0.15) is 19.1 Å². The van der Waals surface area contributed by atoms with Crippen LogP contribution in [0.15, 0.2) is 36.0 Å². The van der Waals surface area contributed by atoms with Gasteiger partial charge in [0.2, 0.25) is 0 Å². The minimum absolute atomic E-state index is 0.161. The molecule has 0 bridgehead atoms. The molecule has 7 heteroatoms. The highest BCUT2D eigenvalue weighted by molar-refractivity contribution is 7.12. The number of aryl methyl sites for hydroxylation is 3. The standard InChI is InChI=1S/C20H23N3O3S/c1-13-5-14(2)19(15(3)6-13)26-10-16-7-18(27-11-16)20(24)22-17-8-21-23(9-17)12-25-4/h5-9,11H,10,12H2,1-4H3,(H,22,24). The van der Waals surface area contributed by atoms with Gasteiger partial charge in [0, 0.05) is 12.7 Å². The number of ether oxygens (including phenoxy) is 2. The van der Waals surface area contributed by atoms with Gasteiger partial charge in [-0.2, -0.15) is 5.10 Å². The number of carbonyl (C=O) groups is 1. The summed E-state index contributed by atoms with van der Waals surface area (Å²) in [6.45, 7) is 6.94. The van der Waals surface area contributed by atoms with Crippen LogP contribution < -0.4 is 10.1 Å². The second kappa shape index (κ2) is 8.37. The SMILES string of the molecule is COCn1cc(NC(=O)c2cc(COc3c(C)cc(C)cc3C)cs2)cn1.